The van der Waals surface area contributed by atoms with E-state index in [1.54, 1.807) is 0 Å². The van der Waals surface area contributed by atoms with Gasteiger partial charge < -0.3 is 0 Å². The van der Waals surface area contributed by atoms with Gasteiger partial charge in [-0.3, -0.25) is 9.80 Å². The second-order valence-electron chi connectivity index (χ2n) is 6.28. The van der Waals surface area contributed by atoms with E-state index >= 15 is 0 Å². The highest BCUT2D eigenvalue weighted by atomic mass is 35.5. The van der Waals surface area contributed by atoms with Gasteiger partial charge in [-0.1, -0.05) is 41.9 Å². The minimum atomic E-state index is 0.752. The highest BCUT2D eigenvalue weighted by molar-refractivity contribution is 6.31. The first-order valence-electron chi connectivity index (χ1n) is 8.19. The number of halogens is 1. The lowest BCUT2D eigenvalue weighted by Crippen LogP contribution is -2.47. The van der Waals surface area contributed by atoms with Crippen LogP contribution in [0.1, 0.15) is 31.2 Å². The zero-order valence-electron chi connectivity index (χ0n) is 12.7. The lowest BCUT2D eigenvalue weighted by molar-refractivity contribution is 0.123. The van der Waals surface area contributed by atoms with Crippen molar-refractivity contribution in [2.75, 3.05) is 32.7 Å². The summed E-state index contributed by atoms with van der Waals surface area (Å²) in [6.45, 7) is 5.85. The molecule has 0 saturated carbocycles. The van der Waals surface area contributed by atoms with Crippen LogP contribution < -0.4 is 0 Å². The molecule has 1 atom stereocenters. The molecule has 2 aliphatic heterocycles. The average Bonchev–Trinajstić information content (AvgIpc) is 3.02. The topological polar surface area (TPSA) is 6.48 Å². The van der Waals surface area contributed by atoms with Crippen LogP contribution in [0.5, 0.6) is 0 Å². The highest BCUT2D eigenvalue weighted by Gasteiger charge is 2.27. The molecular formula is C18H25ClN2. The van der Waals surface area contributed by atoms with Crippen molar-refractivity contribution in [3.05, 3.63) is 40.9 Å². The van der Waals surface area contributed by atoms with E-state index in [0.29, 0.717) is 0 Å². The van der Waals surface area contributed by atoms with Crippen molar-refractivity contribution >= 4 is 17.7 Å². The summed E-state index contributed by atoms with van der Waals surface area (Å²) in [7, 11) is 0. The van der Waals surface area contributed by atoms with Crippen molar-refractivity contribution in [2.45, 2.75) is 31.7 Å². The fourth-order valence-electron chi connectivity index (χ4n) is 3.57. The van der Waals surface area contributed by atoms with Gasteiger partial charge in [0, 0.05) is 24.2 Å². The number of rotatable bonds is 4. The average molecular weight is 305 g/mol. The maximum Gasteiger partial charge on any atom is 0.0342 e. The predicted molar refractivity (Wildman–Crippen MR) is 90.5 cm³/mol. The fraction of sp³-hybridized carbons (Fsp3) is 0.556. The normalized spacial score (nSPS) is 25.4. The van der Waals surface area contributed by atoms with Crippen LogP contribution in [0.4, 0.5) is 0 Å². The predicted octanol–water partition coefficient (Wildman–Crippen LogP) is 3.83. The van der Waals surface area contributed by atoms with Gasteiger partial charge in [-0.15, -0.1) is 0 Å². The smallest absolute Gasteiger partial charge is 0.0342 e. The molecule has 3 rings (SSSR count). The number of benzene rings is 1. The minimum absolute atomic E-state index is 0.752. The lowest BCUT2D eigenvalue weighted by Gasteiger charge is -2.37. The van der Waals surface area contributed by atoms with Crippen molar-refractivity contribution in [2.24, 2.45) is 0 Å². The highest BCUT2D eigenvalue weighted by Crippen LogP contribution is 2.22. The molecule has 2 saturated heterocycles. The van der Waals surface area contributed by atoms with Crippen LogP contribution in [-0.4, -0.2) is 48.6 Å². The molecular weight excluding hydrogens is 280 g/mol. The summed E-state index contributed by atoms with van der Waals surface area (Å²) in [5, 5.41) is 0.947. The van der Waals surface area contributed by atoms with Gasteiger partial charge in [-0.2, -0.15) is 0 Å². The van der Waals surface area contributed by atoms with Crippen LogP contribution in [0.3, 0.4) is 0 Å². The van der Waals surface area contributed by atoms with Gasteiger partial charge in [0.15, 0.2) is 0 Å². The van der Waals surface area contributed by atoms with E-state index in [2.05, 4.69) is 40.1 Å². The molecule has 21 heavy (non-hydrogen) atoms. The number of hydrogen-bond acceptors (Lipinski definition) is 2. The molecule has 1 aromatic carbocycles. The van der Waals surface area contributed by atoms with E-state index < -0.39 is 0 Å². The number of hydrogen-bond donors (Lipinski definition) is 0. The number of likely N-dealkylation sites (tertiary alicyclic amines) is 2. The molecule has 3 heteroatoms. The largest absolute Gasteiger partial charge is 0.299 e. The Morgan fingerprint density at radius 1 is 1.10 bits per heavy atom. The van der Waals surface area contributed by atoms with Crippen molar-refractivity contribution in [3.63, 3.8) is 0 Å². The molecule has 2 heterocycles. The van der Waals surface area contributed by atoms with Gasteiger partial charge in [0.05, 0.1) is 0 Å². The van der Waals surface area contributed by atoms with Gasteiger partial charge in [-0.25, -0.2) is 0 Å². The van der Waals surface area contributed by atoms with Gasteiger partial charge in [-0.05, 0) is 57.0 Å². The molecule has 0 radical (unpaired) electrons. The summed E-state index contributed by atoms with van der Waals surface area (Å²) in [5.41, 5.74) is 1.19. The van der Waals surface area contributed by atoms with Crippen LogP contribution in [-0.2, 0) is 0 Å². The summed E-state index contributed by atoms with van der Waals surface area (Å²) in [6.07, 6.45) is 7.52. The zero-order valence-corrected chi connectivity index (χ0v) is 13.4. The van der Waals surface area contributed by atoms with Crippen molar-refractivity contribution in [1.29, 1.82) is 0 Å². The second kappa shape index (κ2) is 7.44. The first-order chi connectivity index (χ1) is 10.3. The van der Waals surface area contributed by atoms with E-state index in [-0.39, 0.29) is 0 Å². The third kappa shape index (κ3) is 4.32. The third-order valence-corrected chi connectivity index (χ3v) is 4.86. The molecule has 0 aliphatic carbocycles. The van der Waals surface area contributed by atoms with E-state index in [1.807, 2.05) is 6.07 Å². The van der Waals surface area contributed by atoms with Gasteiger partial charge in [0.2, 0.25) is 0 Å². The monoisotopic (exact) mass is 304 g/mol. The Bertz CT molecular complexity index is 465. The Hall–Kier alpha value is -0.830. The quantitative estimate of drug-likeness (QED) is 0.834. The van der Waals surface area contributed by atoms with E-state index in [0.717, 1.165) is 17.6 Å². The number of nitrogens with zero attached hydrogens (tertiary/aromatic N) is 2. The SMILES string of the molecule is Cl/C(=C\c1ccccc1)CN1CCCC(N2CCCC2)C1. The molecule has 2 aliphatic rings. The minimum Gasteiger partial charge on any atom is -0.299 e. The standard InChI is InChI=1S/C18H25ClN2/c19-17(13-16-7-2-1-3-8-16)14-20-10-6-9-18(15-20)21-11-4-5-12-21/h1-3,7-8,13,18H,4-6,9-12,14-15H2/b17-13-. The van der Waals surface area contributed by atoms with Crippen molar-refractivity contribution in [3.8, 4) is 0 Å². The Morgan fingerprint density at radius 3 is 2.62 bits per heavy atom. The third-order valence-electron chi connectivity index (χ3n) is 4.64. The molecule has 2 nitrogen and oxygen atoms in total. The molecule has 1 aromatic rings. The van der Waals surface area contributed by atoms with Crippen molar-refractivity contribution < 1.29 is 0 Å². The van der Waals surface area contributed by atoms with Crippen LogP contribution in [0.2, 0.25) is 0 Å². The summed E-state index contributed by atoms with van der Waals surface area (Å²) >= 11 is 6.46. The maximum atomic E-state index is 6.46. The number of piperidine rings is 1. The Balaban J connectivity index is 1.55. The first-order valence-corrected chi connectivity index (χ1v) is 8.56. The molecule has 0 N–H and O–H groups in total. The summed E-state index contributed by atoms with van der Waals surface area (Å²) in [4.78, 5) is 5.20. The van der Waals surface area contributed by atoms with Crippen LogP contribution in [0.25, 0.3) is 6.08 Å². The first kappa shape index (κ1) is 15.1. The summed E-state index contributed by atoms with van der Waals surface area (Å²) in [6, 6.07) is 11.1. The second-order valence-corrected chi connectivity index (χ2v) is 6.76. The zero-order chi connectivity index (χ0) is 14.5. The lowest BCUT2D eigenvalue weighted by atomic mass is 10.0. The fourth-order valence-corrected chi connectivity index (χ4v) is 3.86. The maximum absolute atomic E-state index is 6.46. The van der Waals surface area contributed by atoms with E-state index in [1.165, 1.54) is 57.4 Å². The molecule has 114 valence electrons. The van der Waals surface area contributed by atoms with Crippen LogP contribution in [0.15, 0.2) is 35.4 Å². The van der Waals surface area contributed by atoms with Gasteiger partial charge >= 0.3 is 0 Å². The molecule has 0 spiro atoms. The molecule has 0 bridgehead atoms. The summed E-state index contributed by atoms with van der Waals surface area (Å²) < 4.78 is 0. The van der Waals surface area contributed by atoms with Gasteiger partial charge in [0.25, 0.3) is 0 Å². The Kier molecular flexibility index (Phi) is 5.34. The van der Waals surface area contributed by atoms with E-state index in [4.69, 9.17) is 11.6 Å². The summed E-state index contributed by atoms with van der Waals surface area (Å²) in [5.74, 6) is 0. The van der Waals surface area contributed by atoms with Gasteiger partial charge in [0.1, 0.15) is 0 Å². The van der Waals surface area contributed by atoms with E-state index in [9.17, 15) is 0 Å². The Labute approximate surface area is 133 Å². The van der Waals surface area contributed by atoms with Crippen LogP contribution >= 0.6 is 11.6 Å². The Morgan fingerprint density at radius 2 is 1.86 bits per heavy atom. The molecule has 2 fully saturated rings. The molecule has 1 unspecified atom stereocenters. The van der Waals surface area contributed by atoms with Crippen LogP contribution in [0, 0.1) is 0 Å². The molecule has 0 aromatic heterocycles. The molecule has 0 amide bonds. The van der Waals surface area contributed by atoms with Crippen molar-refractivity contribution in [1.82, 2.24) is 9.80 Å².